The lowest BCUT2D eigenvalue weighted by molar-refractivity contribution is 0.533. The van der Waals surface area contributed by atoms with Crippen LogP contribution in [-0.4, -0.2) is 25.0 Å². The van der Waals surface area contributed by atoms with Gasteiger partial charge in [0, 0.05) is 0 Å². The van der Waals surface area contributed by atoms with E-state index >= 15 is 0 Å². The standard InChI is InChI=1S/C9H12N6/c1-9(2,10)8-5-15(14-13-8)7-3-11-6-12-4-7/h3-6H,10H2,1-2H3. The number of rotatable bonds is 2. The van der Waals surface area contributed by atoms with Crippen LogP contribution in [0.25, 0.3) is 5.69 Å². The maximum absolute atomic E-state index is 5.90. The van der Waals surface area contributed by atoms with Crippen molar-refractivity contribution in [1.82, 2.24) is 25.0 Å². The van der Waals surface area contributed by atoms with Gasteiger partial charge in [-0.1, -0.05) is 5.21 Å². The molecule has 0 aliphatic rings. The van der Waals surface area contributed by atoms with Gasteiger partial charge in [0.1, 0.15) is 17.7 Å². The van der Waals surface area contributed by atoms with Gasteiger partial charge in [0.05, 0.1) is 24.1 Å². The van der Waals surface area contributed by atoms with Crippen LogP contribution in [0, 0.1) is 0 Å². The summed E-state index contributed by atoms with van der Waals surface area (Å²) in [6.45, 7) is 3.76. The molecule has 2 rings (SSSR count). The van der Waals surface area contributed by atoms with E-state index in [1.54, 1.807) is 23.3 Å². The number of hydrogen-bond acceptors (Lipinski definition) is 5. The summed E-state index contributed by atoms with van der Waals surface area (Å²) >= 11 is 0. The molecule has 2 aromatic heterocycles. The van der Waals surface area contributed by atoms with Crippen LogP contribution in [0.3, 0.4) is 0 Å². The molecule has 0 amide bonds. The van der Waals surface area contributed by atoms with Gasteiger partial charge in [0.15, 0.2) is 0 Å². The largest absolute Gasteiger partial charge is 0.320 e. The van der Waals surface area contributed by atoms with Crippen molar-refractivity contribution in [2.75, 3.05) is 0 Å². The first-order chi connectivity index (χ1) is 7.07. The minimum atomic E-state index is -0.492. The monoisotopic (exact) mass is 204 g/mol. The maximum Gasteiger partial charge on any atom is 0.115 e. The van der Waals surface area contributed by atoms with Crippen molar-refractivity contribution in [1.29, 1.82) is 0 Å². The summed E-state index contributed by atoms with van der Waals surface area (Å²) in [5, 5.41) is 7.96. The zero-order valence-corrected chi connectivity index (χ0v) is 8.62. The number of nitrogens with zero attached hydrogens (tertiary/aromatic N) is 5. The fraction of sp³-hybridized carbons (Fsp3) is 0.333. The lowest BCUT2D eigenvalue weighted by Crippen LogP contribution is -2.29. The van der Waals surface area contributed by atoms with E-state index in [4.69, 9.17) is 5.73 Å². The second kappa shape index (κ2) is 3.39. The van der Waals surface area contributed by atoms with Gasteiger partial charge in [0.25, 0.3) is 0 Å². The Morgan fingerprint density at radius 2 is 1.93 bits per heavy atom. The van der Waals surface area contributed by atoms with Crippen LogP contribution in [-0.2, 0) is 5.54 Å². The number of nitrogens with two attached hydrogens (primary N) is 1. The van der Waals surface area contributed by atoms with E-state index in [0.29, 0.717) is 0 Å². The van der Waals surface area contributed by atoms with Gasteiger partial charge in [-0.3, -0.25) is 0 Å². The van der Waals surface area contributed by atoms with E-state index in [2.05, 4.69) is 20.3 Å². The highest BCUT2D eigenvalue weighted by molar-refractivity contribution is 5.23. The summed E-state index contributed by atoms with van der Waals surface area (Å²) in [6, 6.07) is 0. The van der Waals surface area contributed by atoms with Crippen molar-refractivity contribution in [3.63, 3.8) is 0 Å². The Hall–Kier alpha value is -1.82. The van der Waals surface area contributed by atoms with Crippen LogP contribution in [0.5, 0.6) is 0 Å². The fourth-order valence-corrected chi connectivity index (χ4v) is 1.09. The molecule has 0 aliphatic carbocycles. The summed E-state index contributed by atoms with van der Waals surface area (Å²) in [5.41, 5.74) is 6.90. The van der Waals surface area contributed by atoms with Gasteiger partial charge in [-0.05, 0) is 13.8 Å². The average Bonchev–Trinajstić information content (AvgIpc) is 2.67. The summed E-state index contributed by atoms with van der Waals surface area (Å²) in [6.07, 6.45) is 6.57. The fourth-order valence-electron chi connectivity index (χ4n) is 1.09. The van der Waals surface area contributed by atoms with Crippen LogP contribution in [0.15, 0.2) is 24.9 Å². The Morgan fingerprint density at radius 3 is 2.47 bits per heavy atom. The van der Waals surface area contributed by atoms with Crippen molar-refractivity contribution in [2.24, 2.45) is 5.73 Å². The minimum absolute atomic E-state index is 0.492. The minimum Gasteiger partial charge on any atom is -0.320 e. The van der Waals surface area contributed by atoms with Gasteiger partial charge in [-0.15, -0.1) is 5.10 Å². The second-order valence-electron chi connectivity index (χ2n) is 3.87. The average molecular weight is 204 g/mol. The Labute approximate surface area is 87.2 Å². The molecule has 0 aromatic carbocycles. The molecule has 2 heterocycles. The second-order valence-corrected chi connectivity index (χ2v) is 3.87. The number of hydrogen-bond donors (Lipinski definition) is 1. The van der Waals surface area contributed by atoms with Crippen LogP contribution >= 0.6 is 0 Å². The molecule has 2 aromatic rings. The third-order valence-electron chi connectivity index (χ3n) is 1.97. The summed E-state index contributed by atoms with van der Waals surface area (Å²) in [5.74, 6) is 0. The third-order valence-corrected chi connectivity index (χ3v) is 1.97. The Morgan fingerprint density at radius 1 is 1.27 bits per heavy atom. The lowest BCUT2D eigenvalue weighted by Gasteiger charge is -2.13. The molecular weight excluding hydrogens is 192 g/mol. The van der Waals surface area contributed by atoms with E-state index in [-0.39, 0.29) is 0 Å². The quantitative estimate of drug-likeness (QED) is 0.758. The Bertz CT molecular complexity index is 441. The molecule has 0 fully saturated rings. The molecule has 0 radical (unpaired) electrons. The molecule has 78 valence electrons. The molecule has 0 saturated heterocycles. The SMILES string of the molecule is CC(C)(N)c1cn(-c2cncnc2)nn1. The maximum atomic E-state index is 5.90. The normalized spacial score (nSPS) is 11.7. The van der Waals surface area contributed by atoms with Crippen molar-refractivity contribution in [3.05, 3.63) is 30.6 Å². The molecule has 0 unspecified atom stereocenters. The first-order valence-electron chi connectivity index (χ1n) is 4.54. The van der Waals surface area contributed by atoms with Gasteiger partial charge < -0.3 is 5.73 Å². The van der Waals surface area contributed by atoms with Crippen LogP contribution < -0.4 is 5.73 Å². The molecule has 2 N–H and O–H groups in total. The van der Waals surface area contributed by atoms with E-state index in [0.717, 1.165) is 11.4 Å². The molecule has 6 heteroatoms. The van der Waals surface area contributed by atoms with Gasteiger partial charge in [-0.25, -0.2) is 14.6 Å². The van der Waals surface area contributed by atoms with E-state index in [1.807, 2.05) is 13.8 Å². The molecule has 0 saturated carbocycles. The molecule has 0 aliphatic heterocycles. The van der Waals surface area contributed by atoms with Crippen molar-refractivity contribution in [2.45, 2.75) is 19.4 Å². The Balaban J connectivity index is 2.37. The van der Waals surface area contributed by atoms with Crippen LogP contribution in [0.1, 0.15) is 19.5 Å². The first kappa shape index (κ1) is 9.72. The number of aromatic nitrogens is 5. The lowest BCUT2D eigenvalue weighted by atomic mass is 10.0. The van der Waals surface area contributed by atoms with Gasteiger partial charge in [-0.2, -0.15) is 0 Å². The Kier molecular flexibility index (Phi) is 2.20. The summed E-state index contributed by atoms with van der Waals surface area (Å²) < 4.78 is 1.60. The predicted molar refractivity (Wildman–Crippen MR) is 54.2 cm³/mol. The first-order valence-corrected chi connectivity index (χ1v) is 4.54. The van der Waals surface area contributed by atoms with E-state index in [1.165, 1.54) is 6.33 Å². The third kappa shape index (κ3) is 1.99. The molecule has 0 atom stereocenters. The molecule has 6 nitrogen and oxygen atoms in total. The van der Waals surface area contributed by atoms with Crippen molar-refractivity contribution < 1.29 is 0 Å². The highest BCUT2D eigenvalue weighted by Gasteiger charge is 2.18. The van der Waals surface area contributed by atoms with Crippen LogP contribution in [0.2, 0.25) is 0 Å². The molecule has 15 heavy (non-hydrogen) atoms. The van der Waals surface area contributed by atoms with Gasteiger partial charge in [0.2, 0.25) is 0 Å². The van der Waals surface area contributed by atoms with E-state index in [9.17, 15) is 0 Å². The highest BCUT2D eigenvalue weighted by atomic mass is 15.4. The summed E-state index contributed by atoms with van der Waals surface area (Å²) in [4.78, 5) is 7.80. The van der Waals surface area contributed by atoms with Crippen molar-refractivity contribution >= 4 is 0 Å². The zero-order valence-electron chi connectivity index (χ0n) is 8.62. The molecular formula is C9H12N6. The van der Waals surface area contributed by atoms with Gasteiger partial charge >= 0.3 is 0 Å². The highest BCUT2D eigenvalue weighted by Crippen LogP contribution is 2.14. The molecule has 0 spiro atoms. The predicted octanol–water partition coefficient (Wildman–Crippen LogP) is 0.251. The summed E-state index contributed by atoms with van der Waals surface area (Å²) in [7, 11) is 0. The van der Waals surface area contributed by atoms with Crippen LogP contribution in [0.4, 0.5) is 0 Å². The van der Waals surface area contributed by atoms with Crippen molar-refractivity contribution in [3.8, 4) is 5.69 Å². The zero-order chi connectivity index (χ0) is 10.9. The smallest absolute Gasteiger partial charge is 0.115 e. The van der Waals surface area contributed by atoms with E-state index < -0.39 is 5.54 Å². The molecule has 0 bridgehead atoms. The topological polar surface area (TPSA) is 82.5 Å².